The average molecular weight is 254 g/mol. The average Bonchev–Trinajstić information content (AvgIpc) is 2.33. The largest absolute Gasteiger partial charge is 0.490 e. The molecule has 1 aromatic carbocycles. The van der Waals surface area contributed by atoms with E-state index in [1.54, 1.807) is 7.05 Å². The summed E-state index contributed by atoms with van der Waals surface area (Å²) < 4.78 is 11.0. The van der Waals surface area contributed by atoms with Gasteiger partial charge in [-0.2, -0.15) is 0 Å². The van der Waals surface area contributed by atoms with Crippen LogP contribution < -0.4 is 20.1 Å². The second-order valence-corrected chi connectivity index (χ2v) is 3.64. The molecule has 0 aliphatic rings. The van der Waals surface area contributed by atoms with E-state index in [0.29, 0.717) is 18.3 Å². The van der Waals surface area contributed by atoms with Gasteiger partial charge in [-0.3, -0.25) is 0 Å². The molecule has 94 valence electrons. The maximum Gasteiger partial charge on any atom is 0.170 e. The number of ether oxygens (including phenoxy) is 2. The summed E-state index contributed by atoms with van der Waals surface area (Å²) in [6, 6.07) is 5.64. The maximum atomic E-state index is 5.52. The highest BCUT2D eigenvalue weighted by atomic mass is 32.1. The van der Waals surface area contributed by atoms with Crippen molar-refractivity contribution in [3.63, 3.8) is 0 Å². The van der Waals surface area contributed by atoms with Gasteiger partial charge in [0.25, 0.3) is 0 Å². The van der Waals surface area contributed by atoms with E-state index in [1.807, 2.05) is 32.0 Å². The number of anilines is 1. The van der Waals surface area contributed by atoms with Gasteiger partial charge in [-0.25, -0.2) is 0 Å². The summed E-state index contributed by atoms with van der Waals surface area (Å²) in [5.41, 5.74) is 0.872. The van der Waals surface area contributed by atoms with Crippen molar-refractivity contribution in [2.24, 2.45) is 0 Å². The van der Waals surface area contributed by atoms with Crippen LogP contribution >= 0.6 is 12.2 Å². The number of rotatable bonds is 5. The lowest BCUT2D eigenvalue weighted by atomic mass is 10.2. The van der Waals surface area contributed by atoms with Crippen LogP contribution in [0.25, 0.3) is 0 Å². The molecule has 0 atom stereocenters. The Morgan fingerprint density at radius 1 is 1.18 bits per heavy atom. The molecule has 1 aromatic rings. The second-order valence-electron chi connectivity index (χ2n) is 3.23. The molecule has 0 bridgehead atoms. The van der Waals surface area contributed by atoms with E-state index in [1.165, 1.54) is 0 Å². The van der Waals surface area contributed by atoms with Crippen LogP contribution in [-0.4, -0.2) is 25.4 Å². The van der Waals surface area contributed by atoms with E-state index in [4.69, 9.17) is 21.7 Å². The van der Waals surface area contributed by atoms with Crippen LogP contribution in [0.3, 0.4) is 0 Å². The standard InChI is InChI=1S/C12H18N2O2S/c1-4-15-10-7-6-9(14-12(17)13-3)8-11(10)16-5-2/h6-8H,4-5H2,1-3H3,(H2,13,14,17). The minimum Gasteiger partial charge on any atom is -0.490 e. The fraction of sp³-hybridized carbons (Fsp3) is 0.417. The van der Waals surface area contributed by atoms with Crippen LogP contribution in [0, 0.1) is 0 Å². The van der Waals surface area contributed by atoms with Crippen LogP contribution in [0.1, 0.15) is 13.8 Å². The molecular formula is C12H18N2O2S. The van der Waals surface area contributed by atoms with Gasteiger partial charge in [0.15, 0.2) is 16.6 Å². The summed E-state index contributed by atoms with van der Waals surface area (Å²) in [6.45, 7) is 5.09. The molecule has 0 unspecified atom stereocenters. The first-order chi connectivity index (χ1) is 8.21. The fourth-order valence-electron chi connectivity index (χ4n) is 1.32. The number of hydrogen-bond donors (Lipinski definition) is 2. The molecular weight excluding hydrogens is 236 g/mol. The first kappa shape index (κ1) is 13.6. The molecule has 0 aliphatic heterocycles. The monoisotopic (exact) mass is 254 g/mol. The summed E-state index contributed by atoms with van der Waals surface area (Å²) in [4.78, 5) is 0. The van der Waals surface area contributed by atoms with Crippen molar-refractivity contribution in [1.29, 1.82) is 0 Å². The number of nitrogens with one attached hydrogen (secondary N) is 2. The molecule has 0 saturated carbocycles. The Balaban J connectivity index is 2.88. The van der Waals surface area contributed by atoms with Crippen molar-refractivity contribution in [1.82, 2.24) is 5.32 Å². The minimum absolute atomic E-state index is 0.566. The Morgan fingerprint density at radius 2 is 1.82 bits per heavy atom. The molecule has 1 rings (SSSR count). The lowest BCUT2D eigenvalue weighted by molar-refractivity contribution is 0.288. The topological polar surface area (TPSA) is 42.5 Å². The molecule has 4 nitrogen and oxygen atoms in total. The van der Waals surface area contributed by atoms with Crippen LogP contribution in [0.15, 0.2) is 18.2 Å². The molecule has 0 amide bonds. The van der Waals surface area contributed by atoms with Crippen LogP contribution in [0.5, 0.6) is 11.5 Å². The summed E-state index contributed by atoms with van der Waals surface area (Å²) in [5, 5.41) is 6.46. The highest BCUT2D eigenvalue weighted by Gasteiger charge is 2.06. The second kappa shape index (κ2) is 6.96. The molecule has 2 N–H and O–H groups in total. The van der Waals surface area contributed by atoms with E-state index in [0.717, 1.165) is 17.2 Å². The predicted molar refractivity (Wildman–Crippen MR) is 74.1 cm³/mol. The summed E-state index contributed by atoms with van der Waals surface area (Å²) in [6.07, 6.45) is 0. The third-order valence-corrected chi connectivity index (χ3v) is 2.33. The SMILES string of the molecule is CCOc1ccc(NC(=S)NC)cc1OCC. The van der Waals surface area contributed by atoms with E-state index < -0.39 is 0 Å². The van der Waals surface area contributed by atoms with Crippen LogP contribution in [0.4, 0.5) is 5.69 Å². The Kier molecular flexibility index (Phi) is 5.56. The van der Waals surface area contributed by atoms with Gasteiger partial charge in [-0.15, -0.1) is 0 Å². The molecule has 0 saturated heterocycles. The van der Waals surface area contributed by atoms with Gasteiger partial charge in [-0.1, -0.05) is 0 Å². The zero-order valence-electron chi connectivity index (χ0n) is 10.4. The Hall–Kier alpha value is -1.49. The van der Waals surface area contributed by atoms with E-state index in [-0.39, 0.29) is 0 Å². The Labute approximate surface area is 107 Å². The third kappa shape index (κ3) is 4.11. The van der Waals surface area contributed by atoms with Crippen LogP contribution in [0.2, 0.25) is 0 Å². The van der Waals surface area contributed by atoms with Gasteiger partial charge >= 0.3 is 0 Å². The van der Waals surface area contributed by atoms with Gasteiger partial charge in [-0.05, 0) is 38.2 Å². The van der Waals surface area contributed by atoms with E-state index in [9.17, 15) is 0 Å². The highest BCUT2D eigenvalue weighted by molar-refractivity contribution is 7.80. The molecule has 0 heterocycles. The molecule has 5 heteroatoms. The fourth-order valence-corrected chi connectivity index (χ4v) is 1.44. The van der Waals surface area contributed by atoms with Crippen molar-refractivity contribution in [2.75, 3.05) is 25.6 Å². The summed E-state index contributed by atoms with van der Waals surface area (Å²) >= 11 is 5.03. The van der Waals surface area contributed by atoms with Crippen molar-refractivity contribution < 1.29 is 9.47 Å². The van der Waals surface area contributed by atoms with Crippen molar-refractivity contribution >= 4 is 23.0 Å². The van der Waals surface area contributed by atoms with Crippen molar-refractivity contribution in [3.8, 4) is 11.5 Å². The lowest BCUT2D eigenvalue weighted by Gasteiger charge is -2.13. The number of benzene rings is 1. The van der Waals surface area contributed by atoms with Crippen LogP contribution in [-0.2, 0) is 0 Å². The molecule has 17 heavy (non-hydrogen) atoms. The van der Waals surface area contributed by atoms with E-state index >= 15 is 0 Å². The Morgan fingerprint density at radius 3 is 2.41 bits per heavy atom. The van der Waals surface area contributed by atoms with Gasteiger partial charge in [0.1, 0.15) is 0 Å². The first-order valence-electron chi connectivity index (χ1n) is 5.59. The quantitative estimate of drug-likeness (QED) is 0.790. The van der Waals surface area contributed by atoms with E-state index in [2.05, 4.69) is 10.6 Å². The number of hydrogen-bond acceptors (Lipinski definition) is 3. The van der Waals surface area contributed by atoms with Gasteiger partial charge < -0.3 is 20.1 Å². The third-order valence-electron chi connectivity index (χ3n) is 2.03. The molecule has 0 radical (unpaired) electrons. The summed E-state index contributed by atoms with van der Waals surface area (Å²) in [7, 11) is 1.77. The Bertz CT molecular complexity index is 383. The van der Waals surface area contributed by atoms with Gasteiger partial charge in [0.2, 0.25) is 0 Å². The summed E-state index contributed by atoms with van der Waals surface area (Å²) in [5.74, 6) is 1.47. The minimum atomic E-state index is 0.566. The zero-order valence-corrected chi connectivity index (χ0v) is 11.2. The van der Waals surface area contributed by atoms with Crippen molar-refractivity contribution in [3.05, 3.63) is 18.2 Å². The maximum absolute atomic E-state index is 5.52. The predicted octanol–water partition coefficient (Wildman–Crippen LogP) is 2.40. The van der Waals surface area contributed by atoms with Gasteiger partial charge in [0, 0.05) is 18.8 Å². The lowest BCUT2D eigenvalue weighted by Crippen LogP contribution is -2.24. The normalized spacial score (nSPS) is 9.59. The molecule has 0 aromatic heterocycles. The smallest absolute Gasteiger partial charge is 0.170 e. The first-order valence-corrected chi connectivity index (χ1v) is 6.00. The van der Waals surface area contributed by atoms with Gasteiger partial charge in [0.05, 0.1) is 13.2 Å². The molecule has 0 aliphatic carbocycles. The molecule has 0 fully saturated rings. The molecule has 0 spiro atoms. The van der Waals surface area contributed by atoms with Crippen molar-refractivity contribution in [2.45, 2.75) is 13.8 Å². The zero-order chi connectivity index (χ0) is 12.7. The number of thiocarbonyl (C=S) groups is 1. The highest BCUT2D eigenvalue weighted by Crippen LogP contribution is 2.30.